The number of benzene rings is 2. The van der Waals surface area contributed by atoms with Crippen LogP contribution in [-0.4, -0.2) is 33.6 Å². The number of ether oxygens (including phenoxy) is 1. The predicted molar refractivity (Wildman–Crippen MR) is 121 cm³/mol. The van der Waals surface area contributed by atoms with Crippen LogP contribution in [0.15, 0.2) is 58.4 Å². The van der Waals surface area contributed by atoms with Crippen LogP contribution in [0.25, 0.3) is 0 Å². The first-order valence-corrected chi connectivity index (χ1v) is 11.4. The molecule has 164 valence electrons. The van der Waals surface area contributed by atoms with Crippen LogP contribution in [0.4, 0.5) is 0 Å². The first-order chi connectivity index (χ1) is 14.2. The first kappa shape index (κ1) is 23.7. The Morgan fingerprint density at radius 3 is 2.13 bits per heavy atom. The molecule has 3 N–H and O–H groups in total. The summed E-state index contributed by atoms with van der Waals surface area (Å²) < 4.78 is 33.9. The fourth-order valence-electron chi connectivity index (χ4n) is 2.89. The second kappa shape index (κ2) is 10.4. The molecule has 0 spiro atoms. The van der Waals surface area contributed by atoms with Gasteiger partial charge in [-0.1, -0.05) is 36.4 Å². The van der Waals surface area contributed by atoms with Gasteiger partial charge in [0, 0.05) is 31.2 Å². The van der Waals surface area contributed by atoms with Crippen molar-refractivity contribution >= 4 is 16.0 Å². The minimum absolute atomic E-state index is 0.254. The summed E-state index contributed by atoms with van der Waals surface area (Å²) in [5, 5.41) is 6.43. The third-order valence-corrected chi connectivity index (χ3v) is 5.95. The Morgan fingerprint density at radius 2 is 1.53 bits per heavy atom. The first-order valence-electron chi connectivity index (χ1n) is 9.93. The highest BCUT2D eigenvalue weighted by Gasteiger charge is 2.24. The Bertz CT molecular complexity index is 966. The van der Waals surface area contributed by atoms with E-state index in [1.165, 1.54) is 0 Å². The summed E-state index contributed by atoms with van der Waals surface area (Å²) in [5.74, 6) is 1.39. The Morgan fingerprint density at radius 1 is 0.967 bits per heavy atom. The normalized spacial score (nSPS) is 12.5. The van der Waals surface area contributed by atoms with E-state index in [4.69, 9.17) is 4.74 Å². The van der Waals surface area contributed by atoms with E-state index in [1.807, 2.05) is 58.0 Å². The molecule has 2 aromatic rings. The van der Waals surface area contributed by atoms with Crippen molar-refractivity contribution in [2.24, 2.45) is 4.99 Å². The zero-order valence-electron chi connectivity index (χ0n) is 18.3. The Labute approximate surface area is 180 Å². The Balaban J connectivity index is 2.08. The van der Waals surface area contributed by atoms with E-state index in [0.717, 1.165) is 11.3 Å². The summed E-state index contributed by atoms with van der Waals surface area (Å²) in [6.07, 6.45) is 0. The summed E-state index contributed by atoms with van der Waals surface area (Å²) in [6, 6.07) is 14.8. The fourth-order valence-corrected chi connectivity index (χ4v) is 4.55. The molecule has 0 radical (unpaired) electrons. The van der Waals surface area contributed by atoms with E-state index in [9.17, 15) is 8.42 Å². The number of guanidine groups is 1. The van der Waals surface area contributed by atoms with Crippen LogP contribution in [0.5, 0.6) is 5.75 Å². The maximum atomic E-state index is 12.8. The fraction of sp³-hybridized carbons (Fsp3) is 0.409. The topological polar surface area (TPSA) is 91.8 Å². The molecule has 0 heterocycles. The van der Waals surface area contributed by atoms with Gasteiger partial charge in [-0.15, -0.1) is 0 Å². The molecule has 7 nitrogen and oxygen atoms in total. The van der Waals surface area contributed by atoms with Crippen LogP contribution in [0.1, 0.15) is 38.8 Å². The molecule has 0 unspecified atom stereocenters. The average molecular weight is 433 g/mol. The van der Waals surface area contributed by atoms with Crippen LogP contribution in [-0.2, 0) is 23.1 Å². The van der Waals surface area contributed by atoms with Crippen molar-refractivity contribution in [3.05, 3.63) is 59.7 Å². The largest absolute Gasteiger partial charge is 0.494 e. The van der Waals surface area contributed by atoms with Crippen LogP contribution in [0.2, 0.25) is 0 Å². The predicted octanol–water partition coefficient (Wildman–Crippen LogP) is 3.03. The molecule has 0 saturated carbocycles. The molecule has 0 aliphatic rings. The van der Waals surface area contributed by atoms with E-state index in [0.29, 0.717) is 31.2 Å². The molecule has 30 heavy (non-hydrogen) atoms. The van der Waals surface area contributed by atoms with Gasteiger partial charge < -0.3 is 15.4 Å². The van der Waals surface area contributed by atoms with Crippen molar-refractivity contribution in [3.8, 4) is 5.75 Å². The van der Waals surface area contributed by atoms with Crippen molar-refractivity contribution in [2.45, 2.75) is 51.2 Å². The molecule has 0 saturated heterocycles. The molecule has 0 aliphatic heterocycles. The van der Waals surface area contributed by atoms with Gasteiger partial charge in [-0.05, 0) is 45.4 Å². The molecule has 0 aliphatic carbocycles. The molecule has 0 fully saturated rings. The molecule has 8 heteroatoms. The van der Waals surface area contributed by atoms with Gasteiger partial charge in [-0.3, -0.25) is 4.99 Å². The molecule has 0 atom stereocenters. The van der Waals surface area contributed by atoms with E-state index in [1.54, 1.807) is 25.2 Å². The van der Waals surface area contributed by atoms with Gasteiger partial charge in [0.05, 0.1) is 11.5 Å². The second-order valence-corrected chi connectivity index (χ2v) is 9.43. The minimum Gasteiger partial charge on any atom is -0.494 e. The molecule has 0 bridgehead atoms. The average Bonchev–Trinajstić information content (AvgIpc) is 2.68. The van der Waals surface area contributed by atoms with Gasteiger partial charge in [0.15, 0.2) is 5.96 Å². The summed E-state index contributed by atoms with van der Waals surface area (Å²) in [6.45, 7) is 8.84. The third-order valence-electron chi connectivity index (χ3n) is 4.09. The van der Waals surface area contributed by atoms with Crippen molar-refractivity contribution in [3.63, 3.8) is 0 Å². The smallest absolute Gasteiger partial charge is 0.241 e. The van der Waals surface area contributed by atoms with Crippen LogP contribution in [0.3, 0.4) is 0 Å². The van der Waals surface area contributed by atoms with Gasteiger partial charge in [-0.2, -0.15) is 0 Å². The molecule has 0 aromatic heterocycles. The van der Waals surface area contributed by atoms with Crippen molar-refractivity contribution in [1.82, 2.24) is 15.4 Å². The van der Waals surface area contributed by atoms with Gasteiger partial charge in [0.1, 0.15) is 5.75 Å². The molecule has 2 rings (SSSR count). The van der Waals surface area contributed by atoms with Gasteiger partial charge >= 0.3 is 0 Å². The summed E-state index contributed by atoms with van der Waals surface area (Å²) in [4.78, 5) is 4.49. The summed E-state index contributed by atoms with van der Waals surface area (Å²) in [7, 11) is -1.96. The second-order valence-electron chi connectivity index (χ2n) is 7.78. The van der Waals surface area contributed by atoms with Gasteiger partial charge in [0.25, 0.3) is 0 Å². The molecule has 0 amide bonds. The lowest BCUT2D eigenvalue weighted by atomic mass is 10.1. The maximum absolute atomic E-state index is 12.8. The summed E-state index contributed by atoms with van der Waals surface area (Å²) in [5.41, 5.74) is 1.11. The highest BCUT2D eigenvalue weighted by molar-refractivity contribution is 7.89. The van der Waals surface area contributed by atoms with Crippen molar-refractivity contribution in [1.29, 1.82) is 0 Å². The van der Waals surface area contributed by atoms with Gasteiger partial charge in [0.2, 0.25) is 10.0 Å². The minimum atomic E-state index is -3.64. The zero-order chi connectivity index (χ0) is 22.2. The Hall–Kier alpha value is -2.58. The number of hydrogen-bond acceptors (Lipinski definition) is 4. The number of rotatable bonds is 8. The zero-order valence-corrected chi connectivity index (χ0v) is 19.1. The highest BCUT2D eigenvalue weighted by Crippen LogP contribution is 2.19. The SMILES string of the molecule is CCOc1ccccc1CNC(=NC)NCc1ccccc1S(=O)(=O)NC(C)(C)C. The van der Waals surface area contributed by atoms with Crippen LogP contribution >= 0.6 is 0 Å². The van der Waals surface area contributed by atoms with Crippen LogP contribution in [0, 0.1) is 0 Å². The van der Waals surface area contributed by atoms with Crippen molar-refractivity contribution < 1.29 is 13.2 Å². The number of para-hydroxylation sites is 1. The van der Waals surface area contributed by atoms with E-state index < -0.39 is 15.6 Å². The number of aliphatic imine (C=N–C) groups is 1. The lowest BCUT2D eigenvalue weighted by Gasteiger charge is -2.22. The quantitative estimate of drug-likeness (QED) is 0.441. The van der Waals surface area contributed by atoms with E-state index >= 15 is 0 Å². The number of nitrogens with one attached hydrogen (secondary N) is 3. The number of sulfonamides is 1. The Kier molecular flexibility index (Phi) is 8.25. The van der Waals surface area contributed by atoms with E-state index in [2.05, 4.69) is 20.3 Å². The highest BCUT2D eigenvalue weighted by atomic mass is 32.2. The number of hydrogen-bond donors (Lipinski definition) is 3. The maximum Gasteiger partial charge on any atom is 0.241 e. The standard InChI is InChI=1S/C22H32N4O3S/c1-6-29-19-13-9-7-11-17(19)15-24-21(23-5)25-16-18-12-8-10-14-20(18)30(27,28)26-22(2,3)4/h7-14,26H,6,15-16H2,1-5H3,(H2,23,24,25). The molecule has 2 aromatic carbocycles. The van der Waals surface area contributed by atoms with E-state index in [-0.39, 0.29) is 4.90 Å². The monoisotopic (exact) mass is 432 g/mol. The third kappa shape index (κ3) is 7.03. The number of nitrogens with zero attached hydrogens (tertiary/aromatic N) is 1. The lowest BCUT2D eigenvalue weighted by molar-refractivity contribution is 0.336. The van der Waals surface area contributed by atoms with Crippen molar-refractivity contribution in [2.75, 3.05) is 13.7 Å². The summed E-state index contributed by atoms with van der Waals surface area (Å²) >= 11 is 0. The molecular weight excluding hydrogens is 400 g/mol. The van der Waals surface area contributed by atoms with Gasteiger partial charge in [-0.25, -0.2) is 13.1 Å². The molecular formula is C22H32N4O3S. The van der Waals surface area contributed by atoms with Crippen LogP contribution < -0.4 is 20.1 Å². The lowest BCUT2D eigenvalue weighted by Crippen LogP contribution is -2.41.